The molecule has 1 N–H and O–H groups in total. The van der Waals surface area contributed by atoms with Crippen molar-refractivity contribution in [2.45, 2.75) is 46.1 Å². The Morgan fingerprint density at radius 3 is 2.71 bits per heavy atom. The van der Waals surface area contributed by atoms with Crippen LogP contribution in [0.25, 0.3) is 0 Å². The predicted molar refractivity (Wildman–Crippen MR) is 75.3 cm³/mol. The van der Waals surface area contributed by atoms with E-state index in [2.05, 4.69) is 35.1 Å². The summed E-state index contributed by atoms with van der Waals surface area (Å²) in [6, 6.07) is 6.07. The van der Waals surface area contributed by atoms with Crippen LogP contribution in [-0.2, 0) is 0 Å². The summed E-state index contributed by atoms with van der Waals surface area (Å²) in [6.07, 6.45) is 3.11. The summed E-state index contributed by atoms with van der Waals surface area (Å²) in [5, 5.41) is 3.09. The Morgan fingerprint density at radius 2 is 2.12 bits per heavy atom. The normalized spacial score (nSPS) is 12.2. The molecule has 1 unspecified atom stereocenters. The Morgan fingerprint density at radius 1 is 1.41 bits per heavy atom. The van der Waals surface area contributed by atoms with Crippen LogP contribution in [0.15, 0.2) is 22.7 Å². The van der Waals surface area contributed by atoms with Crippen molar-refractivity contribution in [3.05, 3.63) is 33.8 Å². The maximum atomic E-state index is 12.1. The molecule has 3 heteroatoms. The average Bonchev–Trinajstić information content (AvgIpc) is 2.31. The van der Waals surface area contributed by atoms with E-state index in [1.807, 2.05) is 25.1 Å². The number of hydrogen-bond donors (Lipinski definition) is 1. The summed E-state index contributed by atoms with van der Waals surface area (Å²) in [4.78, 5) is 12.1. The van der Waals surface area contributed by atoms with Crippen LogP contribution in [0.5, 0.6) is 0 Å². The first-order valence-electron chi connectivity index (χ1n) is 6.15. The molecule has 0 aliphatic heterocycles. The van der Waals surface area contributed by atoms with Gasteiger partial charge in [-0.25, -0.2) is 0 Å². The quantitative estimate of drug-likeness (QED) is 0.872. The van der Waals surface area contributed by atoms with Gasteiger partial charge in [-0.1, -0.05) is 42.3 Å². The van der Waals surface area contributed by atoms with Gasteiger partial charge in [-0.2, -0.15) is 0 Å². The van der Waals surface area contributed by atoms with Crippen molar-refractivity contribution in [1.82, 2.24) is 5.32 Å². The van der Waals surface area contributed by atoms with Gasteiger partial charge in [-0.15, -0.1) is 0 Å². The highest BCUT2D eigenvalue weighted by molar-refractivity contribution is 9.10. The lowest BCUT2D eigenvalue weighted by molar-refractivity contribution is 0.0933. The van der Waals surface area contributed by atoms with Crippen molar-refractivity contribution in [1.29, 1.82) is 0 Å². The Kier molecular flexibility index (Phi) is 5.69. The molecule has 0 saturated carbocycles. The van der Waals surface area contributed by atoms with Gasteiger partial charge in [0.05, 0.1) is 0 Å². The van der Waals surface area contributed by atoms with E-state index in [0.29, 0.717) is 0 Å². The van der Waals surface area contributed by atoms with Gasteiger partial charge in [0, 0.05) is 16.1 Å². The monoisotopic (exact) mass is 297 g/mol. The van der Waals surface area contributed by atoms with Crippen LogP contribution in [-0.4, -0.2) is 11.9 Å². The second-order valence-corrected chi connectivity index (χ2v) is 5.24. The van der Waals surface area contributed by atoms with Crippen LogP contribution in [0.4, 0.5) is 0 Å². The van der Waals surface area contributed by atoms with Gasteiger partial charge >= 0.3 is 0 Å². The Labute approximate surface area is 112 Å². The number of benzene rings is 1. The minimum Gasteiger partial charge on any atom is -0.349 e. The number of halogens is 1. The number of amides is 1. The molecule has 0 heterocycles. The molecule has 1 atom stereocenters. The third-order valence-corrected chi connectivity index (χ3v) is 3.40. The Hall–Kier alpha value is -0.830. The van der Waals surface area contributed by atoms with Gasteiger partial charge in [0.15, 0.2) is 0 Å². The van der Waals surface area contributed by atoms with Crippen molar-refractivity contribution in [2.24, 2.45) is 0 Å². The smallest absolute Gasteiger partial charge is 0.251 e. The molecule has 1 aromatic carbocycles. The minimum absolute atomic E-state index is 0.0316. The van der Waals surface area contributed by atoms with E-state index in [1.54, 1.807) is 0 Å². The first-order chi connectivity index (χ1) is 8.08. The molecule has 1 amide bonds. The van der Waals surface area contributed by atoms with Crippen LogP contribution in [0, 0.1) is 6.92 Å². The maximum Gasteiger partial charge on any atom is 0.251 e. The maximum absolute atomic E-state index is 12.1. The SMILES string of the molecule is CCCC(CC)NC(=O)c1cc(Br)ccc1C. The van der Waals surface area contributed by atoms with Gasteiger partial charge in [0.1, 0.15) is 0 Å². The largest absolute Gasteiger partial charge is 0.349 e. The fraction of sp³-hybridized carbons (Fsp3) is 0.500. The van der Waals surface area contributed by atoms with Crippen LogP contribution >= 0.6 is 15.9 Å². The van der Waals surface area contributed by atoms with Crippen molar-refractivity contribution in [3.8, 4) is 0 Å². The van der Waals surface area contributed by atoms with Crippen LogP contribution in [0.1, 0.15) is 49.0 Å². The molecule has 1 aromatic rings. The zero-order chi connectivity index (χ0) is 12.8. The van der Waals surface area contributed by atoms with Crippen LogP contribution in [0.2, 0.25) is 0 Å². The fourth-order valence-corrected chi connectivity index (χ4v) is 2.19. The summed E-state index contributed by atoms with van der Waals surface area (Å²) in [5.41, 5.74) is 1.77. The summed E-state index contributed by atoms with van der Waals surface area (Å²) in [7, 11) is 0. The van der Waals surface area contributed by atoms with E-state index >= 15 is 0 Å². The molecule has 94 valence electrons. The molecule has 0 fully saturated rings. The molecule has 0 saturated heterocycles. The highest BCUT2D eigenvalue weighted by Crippen LogP contribution is 2.16. The van der Waals surface area contributed by atoms with Crippen molar-refractivity contribution in [3.63, 3.8) is 0 Å². The molecule has 0 radical (unpaired) electrons. The average molecular weight is 298 g/mol. The fourth-order valence-electron chi connectivity index (χ4n) is 1.83. The van der Waals surface area contributed by atoms with Gasteiger partial charge < -0.3 is 5.32 Å². The number of rotatable bonds is 5. The summed E-state index contributed by atoms with van der Waals surface area (Å²) in [5.74, 6) is 0.0316. The van der Waals surface area contributed by atoms with Crippen molar-refractivity contribution < 1.29 is 4.79 Å². The molecule has 0 aliphatic carbocycles. The topological polar surface area (TPSA) is 29.1 Å². The molecule has 0 aliphatic rings. The lowest BCUT2D eigenvalue weighted by Gasteiger charge is -2.17. The number of aryl methyl sites for hydroxylation is 1. The molecule has 0 spiro atoms. The zero-order valence-electron chi connectivity index (χ0n) is 10.7. The number of nitrogens with one attached hydrogen (secondary N) is 1. The first-order valence-corrected chi connectivity index (χ1v) is 6.94. The zero-order valence-corrected chi connectivity index (χ0v) is 12.3. The number of carbonyl (C=O) groups is 1. The Balaban J connectivity index is 2.78. The molecule has 2 nitrogen and oxygen atoms in total. The molecular weight excluding hydrogens is 278 g/mol. The predicted octanol–water partition coefficient (Wildman–Crippen LogP) is 4.07. The Bertz CT molecular complexity index is 390. The third-order valence-electron chi connectivity index (χ3n) is 2.91. The van der Waals surface area contributed by atoms with E-state index < -0.39 is 0 Å². The van der Waals surface area contributed by atoms with Crippen molar-refractivity contribution in [2.75, 3.05) is 0 Å². The van der Waals surface area contributed by atoms with Gasteiger partial charge in [-0.3, -0.25) is 4.79 Å². The second-order valence-electron chi connectivity index (χ2n) is 4.33. The second kappa shape index (κ2) is 6.80. The van der Waals surface area contributed by atoms with Crippen LogP contribution in [0.3, 0.4) is 0 Å². The molecule has 17 heavy (non-hydrogen) atoms. The summed E-state index contributed by atoms with van der Waals surface area (Å²) >= 11 is 3.40. The van der Waals surface area contributed by atoms with Crippen molar-refractivity contribution >= 4 is 21.8 Å². The van der Waals surface area contributed by atoms with E-state index in [4.69, 9.17) is 0 Å². The van der Waals surface area contributed by atoms with Gasteiger partial charge in [0.2, 0.25) is 0 Å². The van der Waals surface area contributed by atoms with E-state index in [0.717, 1.165) is 34.9 Å². The standard InChI is InChI=1S/C14H20BrNO/c1-4-6-12(5-2)16-14(17)13-9-11(15)8-7-10(13)3/h7-9,12H,4-6H2,1-3H3,(H,16,17). The number of carbonyl (C=O) groups excluding carboxylic acids is 1. The van der Waals surface area contributed by atoms with Crippen LogP contribution < -0.4 is 5.32 Å². The van der Waals surface area contributed by atoms with E-state index in [-0.39, 0.29) is 11.9 Å². The minimum atomic E-state index is 0.0316. The first kappa shape index (κ1) is 14.2. The molecule has 0 aromatic heterocycles. The molecule has 0 bridgehead atoms. The summed E-state index contributed by atoms with van der Waals surface area (Å²) in [6.45, 7) is 6.20. The molecule has 1 rings (SSSR count). The highest BCUT2D eigenvalue weighted by Gasteiger charge is 2.13. The number of hydrogen-bond acceptors (Lipinski definition) is 1. The van der Waals surface area contributed by atoms with E-state index in [9.17, 15) is 4.79 Å². The van der Waals surface area contributed by atoms with Gasteiger partial charge in [0.25, 0.3) is 5.91 Å². The third kappa shape index (κ3) is 4.15. The lowest BCUT2D eigenvalue weighted by atomic mass is 10.1. The van der Waals surface area contributed by atoms with Gasteiger partial charge in [-0.05, 0) is 37.5 Å². The summed E-state index contributed by atoms with van der Waals surface area (Å²) < 4.78 is 0.941. The van der Waals surface area contributed by atoms with E-state index in [1.165, 1.54) is 0 Å². The lowest BCUT2D eigenvalue weighted by Crippen LogP contribution is -2.34. The highest BCUT2D eigenvalue weighted by atomic mass is 79.9. The molecular formula is C14H20BrNO.